The van der Waals surface area contributed by atoms with Crippen LogP contribution in [-0.4, -0.2) is 76.2 Å². The Bertz CT molecular complexity index is 819. The van der Waals surface area contributed by atoms with Crippen molar-refractivity contribution < 1.29 is 48.3 Å². The normalized spacial score (nSPS) is 25.0. The minimum atomic E-state index is -1.64. The molecule has 2 heterocycles. The lowest BCUT2D eigenvalue weighted by Crippen LogP contribution is -2.40. The summed E-state index contributed by atoms with van der Waals surface area (Å²) in [5.41, 5.74) is 0.143. The van der Waals surface area contributed by atoms with Gasteiger partial charge in [-0.1, -0.05) is 26.8 Å². The Balaban J connectivity index is 1.99. The van der Waals surface area contributed by atoms with Crippen LogP contribution in [0.5, 0.6) is 0 Å². The lowest BCUT2D eigenvalue weighted by Gasteiger charge is -2.30. The molecule has 34 heavy (non-hydrogen) atoms. The van der Waals surface area contributed by atoms with Crippen molar-refractivity contribution in [2.24, 2.45) is 5.92 Å². The molecular weight excluding hydrogens is 450 g/mol. The first-order valence-electron chi connectivity index (χ1n) is 11.3. The largest absolute Gasteiger partial charge is 0.478 e. The zero-order valence-electron chi connectivity index (χ0n) is 19.8. The number of aliphatic carboxylic acids is 1. The summed E-state index contributed by atoms with van der Waals surface area (Å²) in [4.78, 5) is 48.6. The van der Waals surface area contributed by atoms with E-state index in [2.05, 4.69) is 0 Å². The highest BCUT2D eigenvalue weighted by atomic mass is 16.6. The van der Waals surface area contributed by atoms with Crippen molar-refractivity contribution in [3.8, 4) is 0 Å². The Kier molecular flexibility index (Phi) is 10.1. The van der Waals surface area contributed by atoms with E-state index in [1.165, 1.54) is 18.0 Å². The van der Waals surface area contributed by atoms with Gasteiger partial charge in [-0.05, 0) is 12.8 Å². The van der Waals surface area contributed by atoms with Gasteiger partial charge in [0.05, 0.1) is 12.0 Å². The Morgan fingerprint density at radius 2 is 1.91 bits per heavy atom. The molecule has 0 aliphatic carbocycles. The minimum absolute atomic E-state index is 0.143. The van der Waals surface area contributed by atoms with Crippen molar-refractivity contribution in [3.05, 3.63) is 24.0 Å². The lowest BCUT2D eigenvalue weighted by atomic mass is 10.00. The number of carboxylic acid groups (broad SMARTS) is 1. The Morgan fingerprint density at radius 3 is 2.50 bits per heavy atom. The van der Waals surface area contributed by atoms with Crippen LogP contribution in [0.1, 0.15) is 53.4 Å². The summed E-state index contributed by atoms with van der Waals surface area (Å²) in [6.45, 7) is 6.49. The first-order valence-corrected chi connectivity index (χ1v) is 11.3. The van der Waals surface area contributed by atoms with Crippen LogP contribution < -0.4 is 0 Å². The number of ether oxygens (including phenoxy) is 4. The van der Waals surface area contributed by atoms with E-state index in [1.54, 1.807) is 19.2 Å². The Morgan fingerprint density at radius 1 is 1.24 bits per heavy atom. The summed E-state index contributed by atoms with van der Waals surface area (Å²) in [6, 6.07) is 0. The predicted molar refractivity (Wildman–Crippen MR) is 117 cm³/mol. The molecule has 11 nitrogen and oxygen atoms in total. The molecule has 5 atom stereocenters. The van der Waals surface area contributed by atoms with Gasteiger partial charge in [-0.25, -0.2) is 9.59 Å². The number of allylic oxidation sites excluding steroid dienone is 1. The summed E-state index contributed by atoms with van der Waals surface area (Å²) >= 11 is 0. The lowest BCUT2D eigenvalue weighted by molar-refractivity contribution is -0.166. The van der Waals surface area contributed by atoms with E-state index in [1.807, 2.05) is 13.8 Å². The first-order chi connectivity index (χ1) is 16.1. The van der Waals surface area contributed by atoms with Crippen molar-refractivity contribution in [3.63, 3.8) is 0 Å². The molecule has 1 unspecified atom stereocenters. The Hall–Kier alpha value is -2.92. The zero-order chi connectivity index (χ0) is 25.4. The first kappa shape index (κ1) is 27.3. The average molecular weight is 484 g/mol. The molecule has 0 saturated carbocycles. The molecule has 0 aromatic heterocycles. The van der Waals surface area contributed by atoms with Crippen LogP contribution in [0.4, 0.5) is 0 Å². The number of carbonyl (C=O) groups is 4. The second-order valence-electron chi connectivity index (χ2n) is 8.27. The van der Waals surface area contributed by atoms with E-state index >= 15 is 0 Å². The monoisotopic (exact) mass is 483 g/mol. The fraction of sp³-hybridized carbons (Fsp3) is 0.652. The molecule has 0 amide bonds. The molecule has 1 saturated heterocycles. The standard InChI is InChI=1S/C23H33NO10/c1-5-16(6-2)33-23(30)17(26)10-19(27)31-12-18-13(3)20(32-14(4)25)21(34-18)24-9-7-8-15(11-24)22(28)29/h7,9,11,13,16-18,20-21,26H,5-6,8,10,12H2,1-4H3,(H,28,29)/t13-,17+,18-,20?,21-/m1/s1. The Labute approximate surface area is 198 Å². The van der Waals surface area contributed by atoms with Crippen LogP contribution in [0.15, 0.2) is 24.0 Å². The van der Waals surface area contributed by atoms with Crippen molar-refractivity contribution in [1.82, 2.24) is 4.90 Å². The molecular formula is C23H33NO10. The number of carbonyl (C=O) groups excluding carboxylic acids is 3. The molecule has 0 aromatic carbocycles. The van der Waals surface area contributed by atoms with Crippen LogP contribution in [0.2, 0.25) is 0 Å². The number of carboxylic acids is 1. The van der Waals surface area contributed by atoms with Crippen molar-refractivity contribution in [1.29, 1.82) is 0 Å². The molecule has 0 spiro atoms. The number of nitrogens with zero attached hydrogens (tertiary/aromatic N) is 1. The third-order valence-corrected chi connectivity index (χ3v) is 5.72. The molecule has 11 heteroatoms. The fourth-order valence-corrected chi connectivity index (χ4v) is 3.69. The SMILES string of the molecule is CCC(CC)OC(=O)[C@@H](O)CC(=O)OC[C@H]1O[C@@H](N2C=CCC(C(=O)O)=C2)C(OC(C)=O)[C@@H]1C. The van der Waals surface area contributed by atoms with Crippen molar-refractivity contribution in [2.75, 3.05) is 6.61 Å². The highest BCUT2D eigenvalue weighted by Crippen LogP contribution is 2.33. The molecule has 2 aliphatic rings. The van der Waals surface area contributed by atoms with E-state index in [4.69, 9.17) is 18.9 Å². The van der Waals surface area contributed by atoms with Gasteiger partial charge < -0.3 is 34.1 Å². The van der Waals surface area contributed by atoms with Crippen LogP contribution in [-0.2, 0) is 38.1 Å². The smallest absolute Gasteiger partial charge is 0.335 e. The second kappa shape index (κ2) is 12.5. The van der Waals surface area contributed by atoms with E-state index < -0.39 is 60.8 Å². The molecule has 2 N–H and O–H groups in total. The maximum Gasteiger partial charge on any atom is 0.335 e. The molecule has 0 bridgehead atoms. The minimum Gasteiger partial charge on any atom is -0.478 e. The van der Waals surface area contributed by atoms with Gasteiger partial charge in [0.1, 0.15) is 18.8 Å². The molecule has 2 aliphatic heterocycles. The maximum atomic E-state index is 12.2. The number of rotatable bonds is 11. The van der Waals surface area contributed by atoms with E-state index in [0.29, 0.717) is 12.8 Å². The number of aliphatic hydroxyl groups excluding tert-OH is 1. The summed E-state index contributed by atoms with van der Waals surface area (Å²) < 4.78 is 21.7. The number of hydrogen-bond acceptors (Lipinski definition) is 10. The van der Waals surface area contributed by atoms with Gasteiger partial charge in [0.2, 0.25) is 0 Å². The maximum absolute atomic E-state index is 12.2. The summed E-state index contributed by atoms with van der Waals surface area (Å²) in [7, 11) is 0. The predicted octanol–water partition coefficient (Wildman–Crippen LogP) is 1.49. The van der Waals surface area contributed by atoms with E-state index in [0.717, 1.165) is 0 Å². The summed E-state index contributed by atoms with van der Waals surface area (Å²) in [5, 5.41) is 19.2. The van der Waals surface area contributed by atoms with Crippen LogP contribution in [0, 0.1) is 5.92 Å². The summed E-state index contributed by atoms with van der Waals surface area (Å²) in [6.07, 6.45) is 1.32. The van der Waals surface area contributed by atoms with Crippen molar-refractivity contribution >= 4 is 23.9 Å². The van der Waals surface area contributed by atoms with Gasteiger partial charge in [0, 0.05) is 31.7 Å². The molecule has 2 rings (SSSR count). The van der Waals surface area contributed by atoms with Gasteiger partial charge >= 0.3 is 23.9 Å². The molecule has 190 valence electrons. The molecule has 1 fully saturated rings. The van der Waals surface area contributed by atoms with Gasteiger partial charge in [-0.3, -0.25) is 9.59 Å². The quantitative estimate of drug-likeness (QED) is 0.325. The fourth-order valence-electron chi connectivity index (χ4n) is 3.69. The van der Waals surface area contributed by atoms with Gasteiger partial charge in [0.25, 0.3) is 0 Å². The van der Waals surface area contributed by atoms with E-state index in [9.17, 15) is 29.4 Å². The summed E-state index contributed by atoms with van der Waals surface area (Å²) in [5.74, 6) is -3.71. The average Bonchev–Trinajstić information content (AvgIpc) is 3.10. The van der Waals surface area contributed by atoms with E-state index in [-0.39, 0.29) is 24.7 Å². The highest BCUT2D eigenvalue weighted by Gasteiger charge is 2.47. The second-order valence-corrected chi connectivity index (χ2v) is 8.27. The zero-order valence-corrected chi connectivity index (χ0v) is 19.8. The molecule has 0 aromatic rings. The molecule has 0 radical (unpaired) electrons. The number of aliphatic hydroxyl groups is 1. The number of esters is 3. The topological polar surface area (TPSA) is 149 Å². The van der Waals surface area contributed by atoms with Crippen LogP contribution in [0.25, 0.3) is 0 Å². The third-order valence-electron chi connectivity index (χ3n) is 5.72. The third kappa shape index (κ3) is 7.29. The number of hydrogen-bond donors (Lipinski definition) is 2. The van der Waals surface area contributed by atoms with Gasteiger partial charge in [-0.2, -0.15) is 0 Å². The van der Waals surface area contributed by atoms with Crippen molar-refractivity contribution in [2.45, 2.75) is 84.0 Å². The highest BCUT2D eigenvalue weighted by molar-refractivity contribution is 5.87. The van der Waals surface area contributed by atoms with Crippen LogP contribution in [0.3, 0.4) is 0 Å². The van der Waals surface area contributed by atoms with Crippen LogP contribution >= 0.6 is 0 Å². The van der Waals surface area contributed by atoms with Gasteiger partial charge in [-0.15, -0.1) is 0 Å². The van der Waals surface area contributed by atoms with Gasteiger partial charge in [0.15, 0.2) is 18.4 Å².